The molecular formula is C16H14N2O6S. The van der Waals surface area contributed by atoms with Crippen molar-refractivity contribution in [2.24, 2.45) is 0 Å². The van der Waals surface area contributed by atoms with E-state index in [1.54, 1.807) is 18.2 Å². The van der Waals surface area contributed by atoms with E-state index in [1.807, 2.05) is 0 Å². The lowest BCUT2D eigenvalue weighted by molar-refractivity contribution is -0.518. The third-order valence-electron chi connectivity index (χ3n) is 3.57. The highest BCUT2D eigenvalue weighted by Gasteiger charge is 2.30. The van der Waals surface area contributed by atoms with Crippen LogP contribution in [0.15, 0.2) is 53.4 Å². The maximum Gasteiger partial charge on any atom is 0.336 e. The van der Waals surface area contributed by atoms with Gasteiger partial charge in [0.1, 0.15) is 5.25 Å². The largest absolute Gasteiger partial charge is 0.478 e. The molecule has 2 unspecified atom stereocenters. The van der Waals surface area contributed by atoms with Crippen molar-refractivity contribution in [3.8, 4) is 0 Å². The van der Waals surface area contributed by atoms with E-state index in [4.69, 9.17) is 0 Å². The summed E-state index contributed by atoms with van der Waals surface area (Å²) in [5.74, 6) is -1.13. The van der Waals surface area contributed by atoms with Crippen LogP contribution >= 0.6 is 11.8 Å². The molecule has 0 aliphatic carbocycles. The second-order valence-electron chi connectivity index (χ2n) is 5.21. The molecule has 0 heterocycles. The standard InChI is InChI=1S/C16H14N2O6S/c1-10(17(21)22)15(11-6-8-12(9-7-11)18(23)24)25-14-5-3-2-4-13(14)16(19)20/h2-10,15H,1H3,(H,19,20). The number of nitro benzene ring substituents is 1. The fraction of sp³-hybridized carbons (Fsp3) is 0.188. The number of thioether (sulfide) groups is 1. The Hall–Kier alpha value is -2.94. The minimum absolute atomic E-state index is 0.0509. The van der Waals surface area contributed by atoms with Crippen molar-refractivity contribution in [2.75, 3.05) is 0 Å². The predicted octanol–water partition coefficient (Wildman–Crippen LogP) is 3.79. The van der Waals surface area contributed by atoms with Gasteiger partial charge in [-0.2, -0.15) is 0 Å². The SMILES string of the molecule is CC(C(Sc1ccccc1C(=O)O)c1ccc([N+](=O)[O-])cc1)[N+](=O)[O-]. The molecule has 0 bridgehead atoms. The van der Waals surface area contributed by atoms with Crippen LogP contribution in [0, 0.1) is 20.2 Å². The van der Waals surface area contributed by atoms with E-state index < -0.39 is 27.1 Å². The summed E-state index contributed by atoms with van der Waals surface area (Å²) in [6.07, 6.45) is 0. The minimum atomic E-state index is -1.13. The first kappa shape index (κ1) is 18.4. The highest BCUT2D eigenvalue weighted by Crippen LogP contribution is 2.40. The number of carbonyl (C=O) groups is 1. The monoisotopic (exact) mass is 362 g/mol. The smallest absolute Gasteiger partial charge is 0.336 e. The zero-order chi connectivity index (χ0) is 18.6. The molecule has 25 heavy (non-hydrogen) atoms. The van der Waals surface area contributed by atoms with Gasteiger partial charge in [-0.05, 0) is 17.7 Å². The number of nitro groups is 2. The van der Waals surface area contributed by atoms with Crippen LogP contribution in [0.3, 0.4) is 0 Å². The van der Waals surface area contributed by atoms with E-state index in [2.05, 4.69) is 0 Å². The van der Waals surface area contributed by atoms with Crippen LogP contribution in [-0.4, -0.2) is 27.0 Å². The van der Waals surface area contributed by atoms with Crippen molar-refractivity contribution in [3.63, 3.8) is 0 Å². The molecule has 8 nitrogen and oxygen atoms in total. The van der Waals surface area contributed by atoms with Crippen LogP contribution in [0.4, 0.5) is 5.69 Å². The molecule has 0 saturated heterocycles. The van der Waals surface area contributed by atoms with Crippen LogP contribution in [0.1, 0.15) is 28.1 Å². The Balaban J connectivity index is 2.42. The number of carboxylic acid groups (broad SMARTS) is 1. The van der Waals surface area contributed by atoms with Crippen molar-refractivity contribution in [1.29, 1.82) is 0 Å². The molecule has 130 valence electrons. The number of carboxylic acids is 1. The van der Waals surface area contributed by atoms with Crippen LogP contribution in [0.25, 0.3) is 0 Å². The normalized spacial score (nSPS) is 13.0. The van der Waals surface area contributed by atoms with Gasteiger partial charge >= 0.3 is 5.97 Å². The first-order valence-corrected chi connectivity index (χ1v) is 8.06. The van der Waals surface area contributed by atoms with Crippen LogP contribution in [0.5, 0.6) is 0 Å². The van der Waals surface area contributed by atoms with Crippen molar-refractivity contribution in [3.05, 3.63) is 79.9 Å². The molecule has 0 amide bonds. The molecule has 0 spiro atoms. The van der Waals surface area contributed by atoms with E-state index in [0.29, 0.717) is 10.5 Å². The van der Waals surface area contributed by atoms with Crippen molar-refractivity contribution >= 4 is 23.4 Å². The van der Waals surface area contributed by atoms with Gasteiger partial charge in [-0.15, -0.1) is 11.8 Å². The quantitative estimate of drug-likeness (QED) is 0.451. The molecule has 0 saturated carbocycles. The average molecular weight is 362 g/mol. The van der Waals surface area contributed by atoms with Gasteiger partial charge in [0, 0.05) is 28.9 Å². The third-order valence-corrected chi connectivity index (χ3v) is 5.10. The third kappa shape index (κ3) is 4.32. The van der Waals surface area contributed by atoms with Gasteiger partial charge in [0.25, 0.3) is 5.69 Å². The summed E-state index contributed by atoms with van der Waals surface area (Å²) in [5, 5.41) is 30.6. The van der Waals surface area contributed by atoms with E-state index in [1.165, 1.54) is 37.3 Å². The fourth-order valence-corrected chi connectivity index (χ4v) is 3.53. The number of aromatic carboxylic acids is 1. The molecule has 0 aliphatic rings. The topological polar surface area (TPSA) is 124 Å². The molecule has 1 N–H and O–H groups in total. The Morgan fingerprint density at radius 2 is 1.68 bits per heavy atom. The lowest BCUT2D eigenvalue weighted by Crippen LogP contribution is -2.22. The van der Waals surface area contributed by atoms with E-state index in [9.17, 15) is 30.1 Å². The Kier molecular flexibility index (Phi) is 5.71. The maximum absolute atomic E-state index is 11.3. The molecule has 9 heteroatoms. The van der Waals surface area contributed by atoms with Gasteiger partial charge in [-0.25, -0.2) is 4.79 Å². The number of rotatable bonds is 7. The molecule has 2 aromatic carbocycles. The number of hydrogen-bond donors (Lipinski definition) is 1. The summed E-state index contributed by atoms with van der Waals surface area (Å²) >= 11 is 1.06. The summed E-state index contributed by atoms with van der Waals surface area (Å²) in [5.41, 5.74) is 0.446. The van der Waals surface area contributed by atoms with Gasteiger partial charge in [0.15, 0.2) is 0 Å². The second kappa shape index (κ2) is 7.75. The summed E-state index contributed by atoms with van der Waals surface area (Å²) in [6.45, 7) is 1.42. The maximum atomic E-state index is 11.3. The lowest BCUT2D eigenvalue weighted by atomic mass is 10.1. The van der Waals surface area contributed by atoms with E-state index in [-0.39, 0.29) is 11.3 Å². The van der Waals surface area contributed by atoms with Crippen LogP contribution < -0.4 is 0 Å². The Morgan fingerprint density at radius 3 is 2.20 bits per heavy atom. The summed E-state index contributed by atoms with van der Waals surface area (Å²) in [7, 11) is 0. The Labute approximate surface area is 146 Å². The predicted molar refractivity (Wildman–Crippen MR) is 91.6 cm³/mol. The molecule has 2 atom stereocenters. The second-order valence-corrected chi connectivity index (χ2v) is 6.40. The highest BCUT2D eigenvalue weighted by atomic mass is 32.2. The molecule has 0 radical (unpaired) electrons. The van der Waals surface area contributed by atoms with Gasteiger partial charge in [-0.3, -0.25) is 20.2 Å². The van der Waals surface area contributed by atoms with Crippen molar-refractivity contribution in [1.82, 2.24) is 0 Å². The van der Waals surface area contributed by atoms with Crippen LogP contribution in [-0.2, 0) is 0 Å². The molecule has 2 rings (SSSR count). The summed E-state index contributed by atoms with van der Waals surface area (Å²) < 4.78 is 0. The van der Waals surface area contributed by atoms with Gasteiger partial charge in [0.05, 0.1) is 10.5 Å². The highest BCUT2D eigenvalue weighted by molar-refractivity contribution is 7.99. The number of nitrogens with zero attached hydrogens (tertiary/aromatic N) is 2. The Bertz CT molecular complexity index is 809. The summed E-state index contributed by atoms with van der Waals surface area (Å²) in [6, 6.07) is 10.7. The molecular weight excluding hydrogens is 348 g/mol. The Morgan fingerprint density at radius 1 is 1.08 bits per heavy atom. The number of non-ortho nitro benzene ring substituents is 1. The van der Waals surface area contributed by atoms with Crippen molar-refractivity contribution in [2.45, 2.75) is 23.1 Å². The molecule has 0 aromatic heterocycles. The first-order chi connectivity index (χ1) is 11.8. The summed E-state index contributed by atoms with van der Waals surface area (Å²) in [4.78, 5) is 32.8. The lowest BCUT2D eigenvalue weighted by Gasteiger charge is -2.19. The molecule has 0 aliphatic heterocycles. The molecule has 0 fully saturated rings. The van der Waals surface area contributed by atoms with E-state index in [0.717, 1.165) is 11.8 Å². The van der Waals surface area contributed by atoms with Crippen molar-refractivity contribution < 1.29 is 19.7 Å². The molecule has 2 aromatic rings. The number of hydrogen-bond acceptors (Lipinski definition) is 6. The van der Waals surface area contributed by atoms with Gasteiger partial charge in [0.2, 0.25) is 6.04 Å². The minimum Gasteiger partial charge on any atom is -0.478 e. The first-order valence-electron chi connectivity index (χ1n) is 7.18. The van der Waals surface area contributed by atoms with Crippen LogP contribution in [0.2, 0.25) is 0 Å². The van der Waals surface area contributed by atoms with Gasteiger partial charge < -0.3 is 5.11 Å². The zero-order valence-corrected chi connectivity index (χ0v) is 13.9. The van der Waals surface area contributed by atoms with E-state index >= 15 is 0 Å². The average Bonchev–Trinajstić information content (AvgIpc) is 2.59. The zero-order valence-electron chi connectivity index (χ0n) is 13.1. The van der Waals surface area contributed by atoms with Gasteiger partial charge in [-0.1, -0.05) is 24.3 Å². The fourth-order valence-electron chi connectivity index (χ4n) is 2.22. The number of benzene rings is 2.